The third-order valence-corrected chi connectivity index (χ3v) is 5.41. The van der Waals surface area contributed by atoms with Crippen molar-refractivity contribution in [3.05, 3.63) is 58.7 Å². The van der Waals surface area contributed by atoms with Crippen molar-refractivity contribution in [2.75, 3.05) is 13.1 Å². The van der Waals surface area contributed by atoms with Crippen LogP contribution in [0.3, 0.4) is 0 Å². The summed E-state index contributed by atoms with van der Waals surface area (Å²) < 4.78 is 5.22. The molecular weight excluding hydrogens is 348 g/mol. The van der Waals surface area contributed by atoms with E-state index in [-0.39, 0.29) is 12.5 Å². The molecule has 134 valence electrons. The second kappa shape index (κ2) is 7.80. The zero-order valence-electron chi connectivity index (χ0n) is 14.3. The van der Waals surface area contributed by atoms with Crippen LogP contribution in [0.4, 0.5) is 0 Å². The molecule has 1 aliphatic heterocycles. The molecular formula is C19H20N4O2S. The van der Waals surface area contributed by atoms with Gasteiger partial charge in [-0.25, -0.2) is 0 Å². The van der Waals surface area contributed by atoms with Crippen LogP contribution in [0.25, 0.3) is 10.8 Å². The van der Waals surface area contributed by atoms with Crippen molar-refractivity contribution >= 4 is 17.2 Å². The number of amides is 1. The first-order valence-electron chi connectivity index (χ1n) is 8.75. The number of nitrogens with zero attached hydrogens (tertiary/aromatic N) is 2. The SMILES string of the molecule is O=C(NCc1noc(-c2cccs2)n1)c1ccc([C@H]2CCCNC2)cc1. The molecule has 0 bridgehead atoms. The Kier molecular flexibility index (Phi) is 5.08. The number of benzene rings is 1. The topological polar surface area (TPSA) is 80.1 Å². The molecule has 0 unspecified atom stereocenters. The molecule has 2 aromatic heterocycles. The van der Waals surface area contributed by atoms with Crippen LogP contribution in [-0.4, -0.2) is 29.1 Å². The van der Waals surface area contributed by atoms with Gasteiger partial charge >= 0.3 is 0 Å². The molecule has 0 aliphatic carbocycles. The number of thiophene rings is 1. The lowest BCUT2D eigenvalue weighted by molar-refractivity contribution is 0.0949. The molecule has 7 heteroatoms. The average Bonchev–Trinajstić information content (AvgIpc) is 3.38. The van der Waals surface area contributed by atoms with Crippen LogP contribution in [0.1, 0.15) is 40.5 Å². The summed E-state index contributed by atoms with van der Waals surface area (Å²) in [5.74, 6) is 1.35. The largest absolute Gasteiger partial charge is 0.345 e. The summed E-state index contributed by atoms with van der Waals surface area (Å²) in [6.07, 6.45) is 2.40. The molecule has 4 rings (SSSR count). The molecule has 26 heavy (non-hydrogen) atoms. The van der Waals surface area contributed by atoms with E-state index < -0.39 is 0 Å². The highest BCUT2D eigenvalue weighted by atomic mass is 32.1. The third-order valence-electron chi connectivity index (χ3n) is 4.55. The van der Waals surface area contributed by atoms with Gasteiger partial charge in [-0.3, -0.25) is 4.79 Å². The highest BCUT2D eigenvalue weighted by Crippen LogP contribution is 2.24. The summed E-state index contributed by atoms with van der Waals surface area (Å²) in [7, 11) is 0. The lowest BCUT2D eigenvalue weighted by atomic mass is 9.91. The molecule has 1 fully saturated rings. The molecule has 0 saturated carbocycles. The van der Waals surface area contributed by atoms with E-state index in [0.29, 0.717) is 23.2 Å². The molecule has 3 aromatic rings. The van der Waals surface area contributed by atoms with Gasteiger partial charge in [-0.1, -0.05) is 23.4 Å². The van der Waals surface area contributed by atoms with E-state index in [1.54, 1.807) is 0 Å². The number of nitrogens with one attached hydrogen (secondary N) is 2. The summed E-state index contributed by atoms with van der Waals surface area (Å²) in [6, 6.07) is 11.7. The summed E-state index contributed by atoms with van der Waals surface area (Å²) in [4.78, 5) is 17.6. The minimum absolute atomic E-state index is 0.138. The Morgan fingerprint density at radius 1 is 1.31 bits per heavy atom. The van der Waals surface area contributed by atoms with Crippen LogP contribution in [0.2, 0.25) is 0 Å². The third kappa shape index (κ3) is 3.84. The van der Waals surface area contributed by atoms with Gasteiger partial charge in [0.15, 0.2) is 5.82 Å². The van der Waals surface area contributed by atoms with Crippen molar-refractivity contribution < 1.29 is 9.32 Å². The molecule has 0 radical (unpaired) electrons. The monoisotopic (exact) mass is 368 g/mol. The lowest BCUT2D eigenvalue weighted by Crippen LogP contribution is -2.28. The van der Waals surface area contributed by atoms with Gasteiger partial charge < -0.3 is 15.2 Å². The van der Waals surface area contributed by atoms with E-state index in [1.807, 2.05) is 29.6 Å². The number of hydrogen-bond acceptors (Lipinski definition) is 6. The lowest BCUT2D eigenvalue weighted by Gasteiger charge is -2.23. The number of rotatable bonds is 5. The van der Waals surface area contributed by atoms with Gasteiger partial charge in [-0.15, -0.1) is 11.3 Å². The highest BCUT2D eigenvalue weighted by Gasteiger charge is 2.16. The zero-order valence-corrected chi connectivity index (χ0v) is 15.1. The Balaban J connectivity index is 1.34. The normalized spacial score (nSPS) is 17.2. The smallest absolute Gasteiger partial charge is 0.268 e. The summed E-state index contributed by atoms with van der Waals surface area (Å²) in [5.41, 5.74) is 1.92. The molecule has 1 aliphatic rings. The Labute approximate surface area is 155 Å². The Hall–Kier alpha value is -2.51. The van der Waals surface area contributed by atoms with E-state index in [0.717, 1.165) is 18.0 Å². The molecule has 1 atom stereocenters. The van der Waals surface area contributed by atoms with Crippen molar-refractivity contribution in [3.63, 3.8) is 0 Å². The van der Waals surface area contributed by atoms with Crippen LogP contribution in [0, 0.1) is 0 Å². The minimum atomic E-state index is -0.138. The molecule has 1 aromatic carbocycles. The van der Waals surface area contributed by atoms with E-state index in [9.17, 15) is 4.79 Å². The predicted octanol–water partition coefficient (Wildman–Crippen LogP) is 3.20. The van der Waals surface area contributed by atoms with Crippen LogP contribution < -0.4 is 10.6 Å². The fraction of sp³-hybridized carbons (Fsp3) is 0.316. The van der Waals surface area contributed by atoms with Gasteiger partial charge in [-0.05, 0) is 54.4 Å². The maximum atomic E-state index is 12.3. The Morgan fingerprint density at radius 2 is 2.19 bits per heavy atom. The number of piperidine rings is 1. The maximum Gasteiger partial charge on any atom is 0.268 e. The van der Waals surface area contributed by atoms with Gasteiger partial charge in [0, 0.05) is 12.1 Å². The summed E-state index contributed by atoms with van der Waals surface area (Å²) in [6.45, 7) is 2.35. The summed E-state index contributed by atoms with van der Waals surface area (Å²) >= 11 is 1.54. The van der Waals surface area contributed by atoms with E-state index in [1.165, 1.54) is 29.7 Å². The van der Waals surface area contributed by atoms with E-state index in [4.69, 9.17) is 4.52 Å². The summed E-state index contributed by atoms with van der Waals surface area (Å²) in [5, 5.41) is 12.1. The highest BCUT2D eigenvalue weighted by molar-refractivity contribution is 7.13. The van der Waals surface area contributed by atoms with E-state index in [2.05, 4.69) is 32.9 Å². The first-order valence-corrected chi connectivity index (χ1v) is 9.63. The van der Waals surface area contributed by atoms with Crippen molar-refractivity contribution in [2.24, 2.45) is 0 Å². The Bertz CT molecular complexity index is 852. The molecule has 0 spiro atoms. The van der Waals surface area contributed by atoms with Crippen LogP contribution >= 0.6 is 11.3 Å². The first kappa shape index (κ1) is 16.9. The number of carbonyl (C=O) groups excluding carboxylic acids is 1. The molecule has 1 saturated heterocycles. The number of aromatic nitrogens is 2. The van der Waals surface area contributed by atoms with Crippen molar-refractivity contribution in [2.45, 2.75) is 25.3 Å². The van der Waals surface area contributed by atoms with Gasteiger partial charge in [0.25, 0.3) is 11.8 Å². The predicted molar refractivity (Wildman–Crippen MR) is 100 cm³/mol. The van der Waals surface area contributed by atoms with Crippen LogP contribution in [0.5, 0.6) is 0 Å². The minimum Gasteiger partial charge on any atom is -0.345 e. The van der Waals surface area contributed by atoms with Crippen molar-refractivity contribution in [1.29, 1.82) is 0 Å². The van der Waals surface area contributed by atoms with Gasteiger partial charge in [-0.2, -0.15) is 4.98 Å². The van der Waals surface area contributed by atoms with Crippen LogP contribution in [-0.2, 0) is 6.54 Å². The second-order valence-electron chi connectivity index (χ2n) is 6.34. The van der Waals surface area contributed by atoms with E-state index >= 15 is 0 Å². The maximum absolute atomic E-state index is 12.3. The first-order chi connectivity index (χ1) is 12.8. The molecule has 6 nitrogen and oxygen atoms in total. The van der Waals surface area contributed by atoms with Gasteiger partial charge in [0.2, 0.25) is 0 Å². The fourth-order valence-corrected chi connectivity index (χ4v) is 3.78. The Morgan fingerprint density at radius 3 is 2.92 bits per heavy atom. The second-order valence-corrected chi connectivity index (χ2v) is 7.29. The molecule has 3 heterocycles. The standard InChI is InChI=1S/C19H20N4O2S/c24-18(14-7-5-13(6-8-14)15-3-1-9-20-11-15)21-12-17-22-19(25-23-17)16-4-2-10-26-16/h2,4-8,10,15,20H,1,3,9,11-12H2,(H,21,24)/t15-/m0/s1. The van der Waals surface area contributed by atoms with Crippen molar-refractivity contribution in [1.82, 2.24) is 20.8 Å². The number of carbonyl (C=O) groups is 1. The number of hydrogen-bond donors (Lipinski definition) is 2. The quantitative estimate of drug-likeness (QED) is 0.723. The van der Waals surface area contributed by atoms with Crippen molar-refractivity contribution in [3.8, 4) is 10.8 Å². The molecule has 2 N–H and O–H groups in total. The van der Waals surface area contributed by atoms with Gasteiger partial charge in [0.1, 0.15) is 0 Å². The zero-order chi connectivity index (χ0) is 17.8. The fourth-order valence-electron chi connectivity index (χ4n) is 3.13. The van der Waals surface area contributed by atoms with Crippen LogP contribution in [0.15, 0.2) is 46.3 Å². The van der Waals surface area contributed by atoms with Gasteiger partial charge in [0.05, 0.1) is 11.4 Å². The average molecular weight is 368 g/mol. The molecule has 1 amide bonds.